The minimum atomic E-state index is 0.570. The molecule has 0 amide bonds. The first-order valence-corrected chi connectivity index (χ1v) is 6.29. The molecule has 88 valence electrons. The Bertz CT molecular complexity index is 557. The number of nitrogens with zero attached hydrogens (tertiary/aromatic N) is 1. The average Bonchev–Trinajstić information content (AvgIpc) is 2.27. The lowest BCUT2D eigenvalue weighted by atomic mass is 10.2. The molecule has 0 N–H and O–H groups in total. The van der Waals surface area contributed by atoms with Gasteiger partial charge in [0.1, 0.15) is 5.75 Å². The molecule has 0 aliphatic heterocycles. The summed E-state index contributed by atoms with van der Waals surface area (Å²) in [5.74, 6) is 1.20. The highest BCUT2D eigenvalue weighted by Crippen LogP contribution is 2.31. The van der Waals surface area contributed by atoms with Crippen LogP contribution in [-0.2, 0) is 0 Å². The van der Waals surface area contributed by atoms with Crippen molar-refractivity contribution in [3.05, 3.63) is 51.1 Å². The third kappa shape index (κ3) is 2.99. The molecule has 1 heterocycles. The highest BCUT2D eigenvalue weighted by molar-refractivity contribution is 9.10. The van der Waals surface area contributed by atoms with Crippen LogP contribution in [0.3, 0.4) is 0 Å². The second-order valence-corrected chi connectivity index (χ2v) is 5.13. The molecule has 0 fully saturated rings. The standard InChI is InChI=1S/C13H11BrClNO/c1-8-3-4-11(15)12(5-8)17-13-9(2)6-10(14)7-16-13/h3-7H,1-2H3. The van der Waals surface area contributed by atoms with Crippen molar-refractivity contribution < 1.29 is 4.74 Å². The van der Waals surface area contributed by atoms with Crippen molar-refractivity contribution in [2.75, 3.05) is 0 Å². The summed E-state index contributed by atoms with van der Waals surface area (Å²) in [4.78, 5) is 4.22. The molecule has 4 heteroatoms. The average molecular weight is 313 g/mol. The molecule has 0 radical (unpaired) electrons. The van der Waals surface area contributed by atoms with Gasteiger partial charge < -0.3 is 4.74 Å². The van der Waals surface area contributed by atoms with E-state index >= 15 is 0 Å². The number of benzene rings is 1. The van der Waals surface area contributed by atoms with Crippen LogP contribution in [0.15, 0.2) is 34.9 Å². The first-order valence-electron chi connectivity index (χ1n) is 5.12. The van der Waals surface area contributed by atoms with Gasteiger partial charge in [0.2, 0.25) is 5.88 Å². The summed E-state index contributed by atoms with van der Waals surface area (Å²) in [5.41, 5.74) is 2.05. The Labute approximate surface area is 114 Å². The minimum Gasteiger partial charge on any atom is -0.437 e. The van der Waals surface area contributed by atoms with E-state index in [0.717, 1.165) is 15.6 Å². The zero-order valence-electron chi connectivity index (χ0n) is 9.50. The quantitative estimate of drug-likeness (QED) is 0.786. The van der Waals surface area contributed by atoms with Crippen LogP contribution in [-0.4, -0.2) is 4.98 Å². The molecule has 0 aliphatic rings. The molecule has 1 aromatic heterocycles. The van der Waals surface area contributed by atoms with E-state index in [0.29, 0.717) is 16.7 Å². The maximum atomic E-state index is 6.07. The Morgan fingerprint density at radius 3 is 2.71 bits per heavy atom. The lowest BCUT2D eigenvalue weighted by molar-refractivity contribution is 0.458. The van der Waals surface area contributed by atoms with E-state index in [1.165, 1.54) is 0 Å². The van der Waals surface area contributed by atoms with Crippen LogP contribution in [0.5, 0.6) is 11.6 Å². The summed E-state index contributed by atoms with van der Waals surface area (Å²) >= 11 is 9.43. The molecule has 0 spiro atoms. The molecule has 1 aromatic carbocycles. The van der Waals surface area contributed by atoms with Gasteiger partial charge in [0.25, 0.3) is 0 Å². The van der Waals surface area contributed by atoms with Crippen LogP contribution >= 0.6 is 27.5 Å². The van der Waals surface area contributed by atoms with Gasteiger partial charge in [-0.1, -0.05) is 17.7 Å². The van der Waals surface area contributed by atoms with Crippen molar-refractivity contribution in [2.24, 2.45) is 0 Å². The number of halogens is 2. The van der Waals surface area contributed by atoms with E-state index in [-0.39, 0.29) is 0 Å². The topological polar surface area (TPSA) is 22.1 Å². The van der Waals surface area contributed by atoms with Gasteiger partial charge >= 0.3 is 0 Å². The Kier molecular flexibility index (Phi) is 3.69. The van der Waals surface area contributed by atoms with Crippen LogP contribution < -0.4 is 4.74 Å². The van der Waals surface area contributed by atoms with Crippen LogP contribution in [0.2, 0.25) is 5.02 Å². The van der Waals surface area contributed by atoms with E-state index in [9.17, 15) is 0 Å². The lowest BCUT2D eigenvalue weighted by Crippen LogP contribution is -1.92. The van der Waals surface area contributed by atoms with Gasteiger partial charge in [0.05, 0.1) is 5.02 Å². The van der Waals surface area contributed by atoms with Crippen molar-refractivity contribution in [3.63, 3.8) is 0 Å². The zero-order valence-corrected chi connectivity index (χ0v) is 11.8. The minimum absolute atomic E-state index is 0.570. The molecule has 0 aliphatic carbocycles. The Morgan fingerprint density at radius 1 is 1.24 bits per heavy atom. The highest BCUT2D eigenvalue weighted by atomic mass is 79.9. The van der Waals surface area contributed by atoms with E-state index in [2.05, 4.69) is 20.9 Å². The molecule has 17 heavy (non-hydrogen) atoms. The predicted octanol–water partition coefficient (Wildman–Crippen LogP) is 4.91. The fourth-order valence-corrected chi connectivity index (χ4v) is 2.03. The molecule has 2 rings (SSSR count). The number of pyridine rings is 1. The van der Waals surface area contributed by atoms with Gasteiger partial charge in [0.15, 0.2) is 0 Å². The zero-order chi connectivity index (χ0) is 12.4. The van der Waals surface area contributed by atoms with Gasteiger partial charge in [-0.05, 0) is 53.5 Å². The van der Waals surface area contributed by atoms with Crippen LogP contribution in [0.1, 0.15) is 11.1 Å². The largest absolute Gasteiger partial charge is 0.437 e. The van der Waals surface area contributed by atoms with Crippen molar-refractivity contribution in [1.82, 2.24) is 4.98 Å². The van der Waals surface area contributed by atoms with E-state index in [4.69, 9.17) is 16.3 Å². The van der Waals surface area contributed by atoms with Crippen molar-refractivity contribution in [1.29, 1.82) is 0 Å². The van der Waals surface area contributed by atoms with Gasteiger partial charge in [-0.25, -0.2) is 4.98 Å². The predicted molar refractivity (Wildman–Crippen MR) is 72.9 cm³/mol. The molecule has 2 nitrogen and oxygen atoms in total. The van der Waals surface area contributed by atoms with Gasteiger partial charge in [-0.2, -0.15) is 0 Å². The maximum Gasteiger partial charge on any atom is 0.222 e. The molecular formula is C13H11BrClNO. The fraction of sp³-hybridized carbons (Fsp3) is 0.154. The fourth-order valence-electron chi connectivity index (χ4n) is 1.43. The summed E-state index contributed by atoms with van der Waals surface area (Å²) in [6.07, 6.45) is 1.70. The molecule has 0 atom stereocenters. The summed E-state index contributed by atoms with van der Waals surface area (Å²) in [7, 11) is 0. The summed E-state index contributed by atoms with van der Waals surface area (Å²) in [6, 6.07) is 7.61. The van der Waals surface area contributed by atoms with Crippen LogP contribution in [0.4, 0.5) is 0 Å². The third-order valence-electron chi connectivity index (χ3n) is 2.29. The molecule has 0 bridgehead atoms. The highest BCUT2D eigenvalue weighted by Gasteiger charge is 2.07. The third-order valence-corrected chi connectivity index (χ3v) is 3.04. The van der Waals surface area contributed by atoms with E-state index < -0.39 is 0 Å². The summed E-state index contributed by atoms with van der Waals surface area (Å²) < 4.78 is 6.64. The Morgan fingerprint density at radius 2 is 2.00 bits per heavy atom. The smallest absolute Gasteiger partial charge is 0.222 e. The second-order valence-electron chi connectivity index (χ2n) is 3.81. The van der Waals surface area contributed by atoms with Crippen molar-refractivity contribution in [3.8, 4) is 11.6 Å². The SMILES string of the molecule is Cc1ccc(Cl)c(Oc2ncc(Br)cc2C)c1. The Balaban J connectivity index is 2.34. The van der Waals surface area contributed by atoms with Crippen LogP contribution in [0.25, 0.3) is 0 Å². The van der Waals surface area contributed by atoms with Gasteiger partial charge in [-0.3, -0.25) is 0 Å². The number of aromatic nitrogens is 1. The number of hydrogen-bond acceptors (Lipinski definition) is 2. The van der Waals surface area contributed by atoms with Crippen LogP contribution in [0, 0.1) is 13.8 Å². The van der Waals surface area contributed by atoms with Crippen molar-refractivity contribution >= 4 is 27.5 Å². The maximum absolute atomic E-state index is 6.07. The summed E-state index contributed by atoms with van der Waals surface area (Å²) in [6.45, 7) is 3.93. The summed E-state index contributed by atoms with van der Waals surface area (Å²) in [5, 5.41) is 0.583. The van der Waals surface area contributed by atoms with Gasteiger partial charge in [0, 0.05) is 16.2 Å². The number of hydrogen-bond donors (Lipinski definition) is 0. The molecule has 0 saturated carbocycles. The molecule has 2 aromatic rings. The number of ether oxygens (including phenoxy) is 1. The van der Waals surface area contributed by atoms with E-state index in [1.54, 1.807) is 6.20 Å². The molecular weight excluding hydrogens is 302 g/mol. The lowest BCUT2D eigenvalue weighted by Gasteiger charge is -2.09. The first kappa shape index (κ1) is 12.4. The van der Waals surface area contributed by atoms with Gasteiger partial charge in [-0.15, -0.1) is 0 Å². The molecule has 0 unspecified atom stereocenters. The number of aryl methyl sites for hydroxylation is 2. The molecule has 0 saturated heterocycles. The number of rotatable bonds is 2. The van der Waals surface area contributed by atoms with Crippen molar-refractivity contribution in [2.45, 2.75) is 13.8 Å². The normalized spacial score (nSPS) is 10.4. The second kappa shape index (κ2) is 5.07. The first-order chi connectivity index (χ1) is 8.06. The monoisotopic (exact) mass is 311 g/mol. The van der Waals surface area contributed by atoms with E-state index in [1.807, 2.05) is 38.1 Å². The Hall–Kier alpha value is -1.06.